The molecule has 1 saturated heterocycles. The number of benzene rings is 1. The first-order valence-corrected chi connectivity index (χ1v) is 11.1. The van der Waals surface area contributed by atoms with E-state index in [9.17, 15) is 0 Å². The molecular formula is C22H35IN6O3. The number of hydrogen-bond acceptors (Lipinski definition) is 7. The number of aliphatic imine (C=N–C) groups is 1. The summed E-state index contributed by atoms with van der Waals surface area (Å²) in [6.07, 6.45) is -0.182. The van der Waals surface area contributed by atoms with Crippen LogP contribution in [0, 0.1) is 0 Å². The Morgan fingerprint density at radius 3 is 2.62 bits per heavy atom. The molecule has 0 saturated carbocycles. The van der Waals surface area contributed by atoms with Crippen molar-refractivity contribution >= 4 is 29.9 Å². The Bertz CT molecular complexity index is 796. The summed E-state index contributed by atoms with van der Waals surface area (Å²) in [5, 5.41) is 7.37. The molecule has 1 aliphatic rings. The average Bonchev–Trinajstić information content (AvgIpc) is 3.27. The lowest BCUT2D eigenvalue weighted by atomic mass is 10.3. The van der Waals surface area contributed by atoms with Crippen molar-refractivity contribution in [1.29, 1.82) is 0 Å². The van der Waals surface area contributed by atoms with E-state index in [2.05, 4.69) is 32.2 Å². The largest absolute Gasteiger partial charge is 0.492 e. The van der Waals surface area contributed by atoms with Crippen LogP contribution in [-0.2, 0) is 11.3 Å². The Kier molecular flexibility index (Phi) is 11.7. The van der Waals surface area contributed by atoms with Gasteiger partial charge in [0.05, 0.1) is 0 Å². The summed E-state index contributed by atoms with van der Waals surface area (Å²) < 4.78 is 16.7. The Labute approximate surface area is 207 Å². The number of rotatable bonds is 10. The van der Waals surface area contributed by atoms with Crippen LogP contribution >= 0.6 is 24.0 Å². The van der Waals surface area contributed by atoms with Crippen molar-refractivity contribution in [2.45, 2.75) is 33.4 Å². The number of nitrogens with one attached hydrogen (secondary N) is 1. The number of guanidine groups is 1. The predicted molar refractivity (Wildman–Crippen MR) is 135 cm³/mol. The van der Waals surface area contributed by atoms with Crippen molar-refractivity contribution in [3.05, 3.63) is 42.0 Å². The molecule has 0 bridgehead atoms. The van der Waals surface area contributed by atoms with Crippen molar-refractivity contribution in [3.8, 4) is 5.75 Å². The number of piperazine rings is 1. The quantitative estimate of drug-likeness (QED) is 0.271. The van der Waals surface area contributed by atoms with Crippen molar-refractivity contribution < 1.29 is 14.0 Å². The smallest absolute Gasteiger partial charge is 0.248 e. The van der Waals surface area contributed by atoms with E-state index in [1.165, 1.54) is 0 Å². The third kappa shape index (κ3) is 8.21. The Morgan fingerprint density at radius 2 is 1.94 bits per heavy atom. The summed E-state index contributed by atoms with van der Waals surface area (Å²) in [5.74, 6) is 2.85. The van der Waals surface area contributed by atoms with Crippen molar-refractivity contribution in [3.63, 3.8) is 0 Å². The third-order valence-corrected chi connectivity index (χ3v) is 5.05. The molecule has 0 radical (unpaired) electrons. The van der Waals surface area contributed by atoms with E-state index < -0.39 is 0 Å². The van der Waals surface area contributed by atoms with Gasteiger partial charge in [0.2, 0.25) is 5.89 Å². The predicted octanol–water partition coefficient (Wildman–Crippen LogP) is 2.95. The van der Waals surface area contributed by atoms with Gasteiger partial charge in [0, 0.05) is 45.9 Å². The molecule has 9 nitrogen and oxygen atoms in total. The van der Waals surface area contributed by atoms with Gasteiger partial charge in [-0.3, -0.25) is 4.90 Å². The maximum atomic E-state index is 5.82. The summed E-state index contributed by atoms with van der Waals surface area (Å²) in [6.45, 7) is 13.1. The van der Waals surface area contributed by atoms with E-state index in [0.29, 0.717) is 31.5 Å². The van der Waals surface area contributed by atoms with E-state index in [1.54, 1.807) is 0 Å². The molecule has 1 aliphatic heterocycles. The fraction of sp³-hybridized carbons (Fsp3) is 0.591. The summed E-state index contributed by atoms with van der Waals surface area (Å²) >= 11 is 0. The molecule has 3 rings (SSSR count). The first-order chi connectivity index (χ1) is 15.2. The van der Waals surface area contributed by atoms with Gasteiger partial charge in [-0.15, -0.1) is 24.0 Å². The molecule has 10 heteroatoms. The monoisotopic (exact) mass is 558 g/mol. The average molecular weight is 558 g/mol. The topological polar surface area (TPSA) is 88.2 Å². The number of aromatic nitrogens is 2. The zero-order valence-electron chi connectivity index (χ0n) is 19.2. The summed E-state index contributed by atoms with van der Waals surface area (Å²) in [5.41, 5.74) is 0. The second kappa shape index (κ2) is 14.3. The molecule has 0 spiro atoms. The summed E-state index contributed by atoms with van der Waals surface area (Å²) in [4.78, 5) is 13.8. The zero-order valence-corrected chi connectivity index (χ0v) is 21.5. The number of halogens is 1. The van der Waals surface area contributed by atoms with Crippen LogP contribution < -0.4 is 10.1 Å². The van der Waals surface area contributed by atoms with E-state index >= 15 is 0 Å². The minimum Gasteiger partial charge on any atom is -0.492 e. The minimum atomic E-state index is -0.182. The normalized spacial score (nSPS) is 15.8. The molecule has 0 aliphatic carbocycles. The SMILES string of the molecule is CCNC(=NCc1nc(C(C)OCC)no1)N1CCN(CCOc2ccccc2)CC1.I. The van der Waals surface area contributed by atoms with Gasteiger partial charge in [0.1, 0.15) is 25.0 Å². The fourth-order valence-electron chi connectivity index (χ4n) is 3.38. The van der Waals surface area contributed by atoms with Crippen LogP contribution in [0.4, 0.5) is 0 Å². The second-order valence-corrected chi connectivity index (χ2v) is 7.30. The lowest BCUT2D eigenvalue weighted by Crippen LogP contribution is -2.53. The lowest BCUT2D eigenvalue weighted by Gasteiger charge is -2.36. The van der Waals surface area contributed by atoms with Gasteiger partial charge >= 0.3 is 0 Å². The van der Waals surface area contributed by atoms with E-state index in [0.717, 1.165) is 51.0 Å². The zero-order chi connectivity index (χ0) is 21.9. The van der Waals surface area contributed by atoms with Gasteiger partial charge in [0.25, 0.3) is 0 Å². The van der Waals surface area contributed by atoms with E-state index in [-0.39, 0.29) is 30.1 Å². The minimum absolute atomic E-state index is 0. The molecule has 1 aromatic carbocycles. The molecule has 0 amide bonds. The van der Waals surface area contributed by atoms with Crippen molar-refractivity contribution in [2.24, 2.45) is 4.99 Å². The molecule has 178 valence electrons. The molecule has 2 aromatic rings. The Balaban J connectivity index is 0.00000363. The van der Waals surface area contributed by atoms with Gasteiger partial charge in [-0.25, -0.2) is 4.99 Å². The highest BCUT2D eigenvalue weighted by Gasteiger charge is 2.20. The highest BCUT2D eigenvalue weighted by Crippen LogP contribution is 2.13. The maximum absolute atomic E-state index is 5.82. The molecule has 1 fully saturated rings. The van der Waals surface area contributed by atoms with Gasteiger partial charge < -0.3 is 24.2 Å². The number of nitrogens with zero attached hydrogens (tertiary/aromatic N) is 5. The highest BCUT2D eigenvalue weighted by molar-refractivity contribution is 14.0. The number of ether oxygens (including phenoxy) is 2. The van der Waals surface area contributed by atoms with Crippen LogP contribution in [0.25, 0.3) is 0 Å². The summed E-state index contributed by atoms with van der Waals surface area (Å²) in [7, 11) is 0. The number of para-hydroxylation sites is 1. The van der Waals surface area contributed by atoms with Crippen LogP contribution in [0.1, 0.15) is 38.6 Å². The van der Waals surface area contributed by atoms with Gasteiger partial charge in [0.15, 0.2) is 11.8 Å². The van der Waals surface area contributed by atoms with E-state index in [1.807, 2.05) is 44.2 Å². The van der Waals surface area contributed by atoms with Gasteiger partial charge in [-0.2, -0.15) is 4.98 Å². The Morgan fingerprint density at radius 1 is 1.19 bits per heavy atom. The molecule has 32 heavy (non-hydrogen) atoms. The molecule has 1 atom stereocenters. The highest BCUT2D eigenvalue weighted by atomic mass is 127. The fourth-order valence-corrected chi connectivity index (χ4v) is 3.38. The van der Waals surface area contributed by atoms with Crippen LogP contribution in [0.2, 0.25) is 0 Å². The molecule has 1 aromatic heterocycles. The number of hydrogen-bond donors (Lipinski definition) is 1. The molecule has 2 heterocycles. The standard InChI is InChI=1S/C22H34N6O3.HI/c1-4-23-22(24-17-20-25-21(26-31-20)18(3)29-5-2)28-13-11-27(12-14-28)15-16-30-19-9-7-6-8-10-19;/h6-10,18H,4-5,11-17H2,1-3H3,(H,23,24);1H. The van der Waals surface area contributed by atoms with Crippen molar-refractivity contribution in [1.82, 2.24) is 25.3 Å². The second-order valence-electron chi connectivity index (χ2n) is 7.30. The van der Waals surface area contributed by atoms with Crippen molar-refractivity contribution in [2.75, 3.05) is 52.5 Å². The molecule has 1 unspecified atom stereocenters. The van der Waals surface area contributed by atoms with Gasteiger partial charge in [-0.05, 0) is 32.9 Å². The first-order valence-electron chi connectivity index (χ1n) is 11.1. The maximum Gasteiger partial charge on any atom is 0.248 e. The van der Waals surface area contributed by atoms with Gasteiger partial charge in [-0.1, -0.05) is 23.4 Å². The molecule has 1 N–H and O–H groups in total. The van der Waals surface area contributed by atoms with Crippen LogP contribution in [0.5, 0.6) is 5.75 Å². The molecular weight excluding hydrogens is 523 g/mol. The van der Waals surface area contributed by atoms with Crippen LogP contribution in [0.15, 0.2) is 39.8 Å². The first kappa shape index (κ1) is 26.3. The lowest BCUT2D eigenvalue weighted by molar-refractivity contribution is 0.0683. The third-order valence-electron chi connectivity index (χ3n) is 5.05. The van der Waals surface area contributed by atoms with Crippen LogP contribution in [-0.4, -0.2) is 78.4 Å². The Hall–Kier alpha value is -1.92. The van der Waals surface area contributed by atoms with Crippen LogP contribution in [0.3, 0.4) is 0 Å². The van der Waals surface area contributed by atoms with E-state index in [4.69, 9.17) is 19.0 Å². The summed E-state index contributed by atoms with van der Waals surface area (Å²) in [6, 6.07) is 9.95.